The summed E-state index contributed by atoms with van der Waals surface area (Å²) in [6.07, 6.45) is 1.09. The van der Waals surface area contributed by atoms with Crippen LogP contribution in [0.15, 0.2) is 54.6 Å². The molecule has 0 saturated carbocycles. The van der Waals surface area contributed by atoms with Crippen LogP contribution in [0.2, 0.25) is 0 Å². The van der Waals surface area contributed by atoms with E-state index in [2.05, 4.69) is 0 Å². The molecule has 0 radical (unpaired) electrons. The van der Waals surface area contributed by atoms with E-state index in [0.717, 1.165) is 50.6 Å². The molecule has 0 aromatic heterocycles. The Kier molecular flexibility index (Phi) is 7.31. The summed E-state index contributed by atoms with van der Waals surface area (Å²) >= 11 is 0. The Bertz CT molecular complexity index is 988. The highest BCUT2D eigenvalue weighted by molar-refractivity contribution is 7.34. The van der Waals surface area contributed by atoms with E-state index in [0.29, 0.717) is 12.8 Å². The molecule has 5 nitrogen and oxygen atoms in total. The minimum atomic E-state index is -0.0372. The van der Waals surface area contributed by atoms with Gasteiger partial charge in [-0.05, 0) is 41.5 Å². The van der Waals surface area contributed by atoms with Crippen molar-refractivity contribution in [3.63, 3.8) is 0 Å². The van der Waals surface area contributed by atoms with E-state index >= 15 is 0 Å². The van der Waals surface area contributed by atoms with Gasteiger partial charge in [0.05, 0.1) is 28.4 Å². The maximum atomic E-state index is 12.0. The maximum Gasteiger partial charge on any atom is 0.192 e. The lowest BCUT2D eigenvalue weighted by atomic mass is 9.93. The molecule has 0 unspecified atom stereocenters. The van der Waals surface area contributed by atoms with Gasteiger partial charge in [0.15, 0.2) is 8.46 Å². The molecule has 156 valence electrons. The topological polar surface area (TPSA) is 54.0 Å². The van der Waals surface area contributed by atoms with Crippen molar-refractivity contribution in [1.82, 2.24) is 0 Å². The molecule has 3 rings (SSSR count). The number of hydrogen-bond donors (Lipinski definition) is 0. The van der Waals surface area contributed by atoms with E-state index in [4.69, 9.17) is 18.9 Å². The Morgan fingerprint density at radius 2 is 1.03 bits per heavy atom. The van der Waals surface area contributed by atoms with Crippen LogP contribution in [-0.2, 0) is 17.4 Å². The van der Waals surface area contributed by atoms with Crippen molar-refractivity contribution >= 4 is 13.8 Å². The first kappa shape index (κ1) is 21.7. The number of rotatable bonds is 9. The van der Waals surface area contributed by atoms with Crippen molar-refractivity contribution in [2.75, 3.05) is 28.4 Å². The van der Waals surface area contributed by atoms with E-state index in [1.54, 1.807) is 28.4 Å². The highest BCUT2D eigenvalue weighted by Gasteiger charge is 2.18. The van der Waals surface area contributed by atoms with Crippen molar-refractivity contribution in [3.8, 4) is 23.0 Å². The molecule has 6 heteroatoms. The van der Waals surface area contributed by atoms with Gasteiger partial charge in [-0.3, -0.25) is 4.57 Å². The number of hydrogen-bond acceptors (Lipinski definition) is 5. The van der Waals surface area contributed by atoms with Gasteiger partial charge in [0.2, 0.25) is 0 Å². The van der Waals surface area contributed by atoms with Crippen LogP contribution in [0.3, 0.4) is 0 Å². The minimum Gasteiger partial charge on any atom is -0.496 e. The molecule has 0 fully saturated rings. The number of benzene rings is 3. The summed E-state index contributed by atoms with van der Waals surface area (Å²) in [4.78, 5) is 0. The molecule has 0 saturated heterocycles. The molecule has 0 aliphatic rings. The van der Waals surface area contributed by atoms with E-state index < -0.39 is 0 Å². The van der Waals surface area contributed by atoms with Crippen LogP contribution in [0.1, 0.15) is 22.3 Å². The van der Waals surface area contributed by atoms with Gasteiger partial charge in [-0.1, -0.05) is 24.3 Å². The maximum absolute atomic E-state index is 12.0. The summed E-state index contributed by atoms with van der Waals surface area (Å²) in [7, 11) is 6.52. The SMILES string of the molecule is COc1cccc(OC)c1Cc1cccc(P=O)c1Cc1c(OC)cccc1OC. The van der Waals surface area contributed by atoms with E-state index in [9.17, 15) is 4.57 Å². The van der Waals surface area contributed by atoms with Crippen LogP contribution in [-0.4, -0.2) is 28.4 Å². The number of ether oxygens (including phenoxy) is 4. The smallest absolute Gasteiger partial charge is 0.192 e. The van der Waals surface area contributed by atoms with Gasteiger partial charge in [0.25, 0.3) is 0 Å². The lowest BCUT2D eigenvalue weighted by Crippen LogP contribution is -2.11. The molecule has 0 aliphatic carbocycles. The lowest BCUT2D eigenvalue weighted by molar-refractivity contribution is 0.386. The second-order valence-corrected chi connectivity index (χ2v) is 7.31. The Morgan fingerprint density at radius 1 is 0.600 bits per heavy atom. The monoisotopic (exact) mass is 424 g/mol. The summed E-state index contributed by atoms with van der Waals surface area (Å²) in [5.41, 5.74) is 3.85. The fourth-order valence-electron chi connectivity index (χ4n) is 3.65. The van der Waals surface area contributed by atoms with Crippen molar-refractivity contribution < 1.29 is 23.5 Å². The molecule has 0 bridgehead atoms. The Balaban J connectivity index is 2.12. The first-order valence-corrected chi connectivity index (χ1v) is 10.3. The molecular formula is C24H25O5P. The van der Waals surface area contributed by atoms with Crippen LogP contribution in [0.4, 0.5) is 0 Å². The summed E-state index contributed by atoms with van der Waals surface area (Å²) in [5, 5.41) is 0.731. The van der Waals surface area contributed by atoms with Crippen LogP contribution < -0.4 is 24.3 Å². The van der Waals surface area contributed by atoms with E-state index in [1.807, 2.05) is 54.6 Å². The van der Waals surface area contributed by atoms with Gasteiger partial charge >= 0.3 is 0 Å². The third-order valence-electron chi connectivity index (χ3n) is 5.13. The average molecular weight is 424 g/mol. The van der Waals surface area contributed by atoms with Gasteiger partial charge in [0, 0.05) is 29.3 Å². The molecule has 0 amide bonds. The molecule has 0 atom stereocenters. The van der Waals surface area contributed by atoms with E-state index in [1.165, 1.54) is 0 Å². The summed E-state index contributed by atoms with van der Waals surface area (Å²) < 4.78 is 34.2. The van der Waals surface area contributed by atoms with Crippen molar-refractivity contribution in [2.24, 2.45) is 0 Å². The summed E-state index contributed by atoms with van der Waals surface area (Å²) in [6, 6.07) is 17.2. The summed E-state index contributed by atoms with van der Waals surface area (Å²) in [5.74, 6) is 2.96. The Hall–Kier alpha value is -3.04. The summed E-state index contributed by atoms with van der Waals surface area (Å²) in [6.45, 7) is 0. The quantitative estimate of drug-likeness (QED) is 0.461. The predicted molar refractivity (Wildman–Crippen MR) is 118 cm³/mol. The second kappa shape index (κ2) is 10.1. The Labute approximate surface area is 178 Å². The van der Waals surface area contributed by atoms with Crippen molar-refractivity contribution in [1.29, 1.82) is 0 Å². The first-order chi connectivity index (χ1) is 14.7. The highest BCUT2D eigenvalue weighted by Crippen LogP contribution is 2.34. The number of methoxy groups -OCH3 is 4. The fraction of sp³-hybridized carbons (Fsp3) is 0.250. The first-order valence-electron chi connectivity index (χ1n) is 9.50. The molecule has 0 aliphatic heterocycles. The average Bonchev–Trinajstić information content (AvgIpc) is 2.80. The largest absolute Gasteiger partial charge is 0.496 e. The Morgan fingerprint density at radius 3 is 1.47 bits per heavy atom. The normalized spacial score (nSPS) is 10.7. The predicted octanol–water partition coefficient (Wildman–Crippen LogP) is 4.82. The molecule has 0 heterocycles. The van der Waals surface area contributed by atoms with Crippen molar-refractivity contribution in [2.45, 2.75) is 12.8 Å². The fourth-order valence-corrected chi connectivity index (χ4v) is 4.13. The zero-order valence-corrected chi connectivity index (χ0v) is 18.5. The standard InChI is InChI=1S/C24H25O5P/c1-26-20-9-6-10-21(27-2)18(20)14-16-8-5-13-24(30-25)17(16)15-19-22(28-3)11-7-12-23(19)29-4/h5-13H,14-15H2,1-4H3. The van der Waals surface area contributed by atoms with E-state index in [-0.39, 0.29) is 8.46 Å². The molecule has 0 N–H and O–H groups in total. The third kappa shape index (κ3) is 4.42. The second-order valence-electron chi connectivity index (χ2n) is 6.64. The molecule has 3 aromatic rings. The van der Waals surface area contributed by atoms with Gasteiger partial charge in [-0.2, -0.15) is 0 Å². The van der Waals surface area contributed by atoms with Gasteiger partial charge < -0.3 is 18.9 Å². The molecule has 0 spiro atoms. The third-order valence-corrected chi connectivity index (χ3v) is 5.74. The highest BCUT2D eigenvalue weighted by atomic mass is 31.1. The van der Waals surface area contributed by atoms with Crippen LogP contribution >= 0.6 is 8.46 Å². The molecular weight excluding hydrogens is 399 g/mol. The van der Waals surface area contributed by atoms with Gasteiger partial charge in [0.1, 0.15) is 23.0 Å². The van der Waals surface area contributed by atoms with Crippen molar-refractivity contribution in [3.05, 3.63) is 76.9 Å². The van der Waals surface area contributed by atoms with Crippen LogP contribution in [0, 0.1) is 0 Å². The molecule has 3 aromatic carbocycles. The minimum absolute atomic E-state index is 0.0372. The van der Waals surface area contributed by atoms with Gasteiger partial charge in [-0.25, -0.2) is 0 Å². The molecule has 30 heavy (non-hydrogen) atoms. The zero-order chi connectivity index (χ0) is 21.5. The van der Waals surface area contributed by atoms with Gasteiger partial charge in [-0.15, -0.1) is 0 Å². The van der Waals surface area contributed by atoms with Crippen LogP contribution in [0.25, 0.3) is 0 Å². The zero-order valence-electron chi connectivity index (χ0n) is 17.6. The van der Waals surface area contributed by atoms with Crippen LogP contribution in [0.5, 0.6) is 23.0 Å². The lowest BCUT2D eigenvalue weighted by Gasteiger charge is -2.18.